The zero-order chi connectivity index (χ0) is 11.0. The Kier molecular flexibility index (Phi) is 8.69. The van der Waals surface area contributed by atoms with E-state index in [1.54, 1.807) is 0 Å². The molecule has 1 N–H and O–H groups in total. The van der Waals surface area contributed by atoms with Crippen LogP contribution in [0.15, 0.2) is 10.6 Å². The highest BCUT2D eigenvalue weighted by atomic mass is 35.5. The van der Waals surface area contributed by atoms with Crippen molar-refractivity contribution in [2.45, 2.75) is 26.8 Å². The minimum Gasteiger partial charge on any atom is -0.380 e. The number of ether oxygens (including phenoxy) is 1. The van der Waals surface area contributed by atoms with Gasteiger partial charge in [-0.1, -0.05) is 37.0 Å². The number of rotatable bonds is 7. The maximum Gasteiger partial charge on any atom is 0.0622 e. The molecule has 4 heteroatoms. The topological polar surface area (TPSA) is 21.3 Å². The van der Waals surface area contributed by atoms with Crippen molar-refractivity contribution in [1.29, 1.82) is 0 Å². The molecule has 0 amide bonds. The minimum atomic E-state index is 0.320. The van der Waals surface area contributed by atoms with Crippen LogP contribution in [0.3, 0.4) is 0 Å². The molecular weight excluding hydrogens is 221 g/mol. The highest BCUT2D eigenvalue weighted by Gasteiger charge is 2.12. The van der Waals surface area contributed by atoms with Gasteiger partial charge in [-0.05, 0) is 12.8 Å². The fraction of sp³-hybridized carbons (Fsp3) is 0.800. The van der Waals surface area contributed by atoms with Crippen LogP contribution in [0.2, 0.25) is 0 Å². The van der Waals surface area contributed by atoms with Crippen molar-refractivity contribution in [3.63, 3.8) is 0 Å². The lowest BCUT2D eigenvalue weighted by atomic mass is 10.1. The first kappa shape index (κ1) is 14.2. The van der Waals surface area contributed by atoms with Crippen LogP contribution in [0.1, 0.15) is 20.8 Å². The summed E-state index contributed by atoms with van der Waals surface area (Å²) in [6.07, 6.45) is 0. The second-order valence-corrected chi connectivity index (χ2v) is 4.15. The van der Waals surface area contributed by atoms with Crippen molar-refractivity contribution in [3.05, 3.63) is 10.6 Å². The third-order valence-corrected chi connectivity index (χ3v) is 2.58. The van der Waals surface area contributed by atoms with Crippen molar-refractivity contribution in [2.75, 3.05) is 19.8 Å². The third kappa shape index (κ3) is 6.66. The van der Waals surface area contributed by atoms with Crippen LogP contribution in [0, 0.1) is 5.92 Å². The van der Waals surface area contributed by atoms with Crippen LogP contribution in [-0.2, 0) is 4.74 Å². The van der Waals surface area contributed by atoms with Gasteiger partial charge >= 0.3 is 0 Å². The molecular formula is C10H19Cl2NO. The number of halogens is 2. The lowest BCUT2D eigenvalue weighted by Crippen LogP contribution is -2.38. The Morgan fingerprint density at radius 1 is 1.50 bits per heavy atom. The first-order valence-electron chi connectivity index (χ1n) is 4.87. The molecule has 0 bridgehead atoms. The van der Waals surface area contributed by atoms with Gasteiger partial charge in [0, 0.05) is 29.8 Å². The van der Waals surface area contributed by atoms with E-state index in [0.717, 1.165) is 6.61 Å². The average molecular weight is 240 g/mol. The van der Waals surface area contributed by atoms with Crippen LogP contribution in [0.25, 0.3) is 0 Å². The third-order valence-electron chi connectivity index (χ3n) is 1.96. The summed E-state index contributed by atoms with van der Waals surface area (Å²) in [6, 6.07) is 0.320. The summed E-state index contributed by atoms with van der Waals surface area (Å²) >= 11 is 11.2. The second kappa shape index (κ2) is 8.54. The molecule has 84 valence electrons. The summed E-state index contributed by atoms with van der Waals surface area (Å²) in [5, 5.41) is 3.91. The Morgan fingerprint density at radius 3 is 2.57 bits per heavy atom. The molecule has 0 radical (unpaired) electrons. The molecule has 0 saturated carbocycles. The fourth-order valence-corrected chi connectivity index (χ4v) is 1.15. The lowest BCUT2D eigenvalue weighted by Gasteiger charge is -2.21. The van der Waals surface area contributed by atoms with Crippen molar-refractivity contribution < 1.29 is 4.74 Å². The minimum absolute atomic E-state index is 0.320. The maximum absolute atomic E-state index is 5.77. The Hall–Kier alpha value is 0.240. The van der Waals surface area contributed by atoms with E-state index in [0.29, 0.717) is 30.1 Å². The predicted octanol–water partition coefficient (Wildman–Crippen LogP) is 2.96. The van der Waals surface area contributed by atoms with Crippen molar-refractivity contribution in [2.24, 2.45) is 5.92 Å². The first-order chi connectivity index (χ1) is 6.61. The molecule has 1 unspecified atom stereocenters. The van der Waals surface area contributed by atoms with Gasteiger partial charge in [0.15, 0.2) is 0 Å². The monoisotopic (exact) mass is 239 g/mol. The van der Waals surface area contributed by atoms with Gasteiger partial charge in [0.1, 0.15) is 0 Å². The summed E-state index contributed by atoms with van der Waals surface area (Å²) in [5.41, 5.74) is 1.38. The van der Waals surface area contributed by atoms with E-state index in [2.05, 4.69) is 19.2 Å². The van der Waals surface area contributed by atoms with Gasteiger partial charge in [-0.3, -0.25) is 0 Å². The van der Waals surface area contributed by atoms with E-state index in [9.17, 15) is 0 Å². The van der Waals surface area contributed by atoms with Gasteiger partial charge in [0.25, 0.3) is 0 Å². The van der Waals surface area contributed by atoms with Crippen molar-refractivity contribution in [1.82, 2.24) is 5.32 Å². The SMILES string of the molecule is CCOCC(NCC(Cl)=CCl)C(C)C. The Morgan fingerprint density at radius 2 is 2.14 bits per heavy atom. The smallest absolute Gasteiger partial charge is 0.0622 e. The van der Waals surface area contributed by atoms with E-state index >= 15 is 0 Å². The molecule has 0 fully saturated rings. The summed E-state index contributed by atoms with van der Waals surface area (Å²) in [4.78, 5) is 0. The molecule has 1 atom stereocenters. The van der Waals surface area contributed by atoms with Gasteiger partial charge in [-0.25, -0.2) is 0 Å². The second-order valence-electron chi connectivity index (χ2n) is 3.45. The maximum atomic E-state index is 5.77. The molecule has 0 spiro atoms. The quantitative estimate of drug-likeness (QED) is 0.738. The molecule has 0 aromatic rings. The number of hydrogen-bond donors (Lipinski definition) is 1. The van der Waals surface area contributed by atoms with Gasteiger partial charge in [0.05, 0.1) is 6.61 Å². The molecule has 0 saturated heterocycles. The van der Waals surface area contributed by atoms with Crippen LogP contribution >= 0.6 is 23.2 Å². The summed E-state index contributed by atoms with van der Waals surface area (Å²) in [7, 11) is 0. The number of hydrogen-bond acceptors (Lipinski definition) is 2. The van der Waals surface area contributed by atoms with Crippen molar-refractivity contribution in [3.8, 4) is 0 Å². The summed E-state index contributed by atoms with van der Waals surface area (Å²) in [6.45, 7) is 8.33. The lowest BCUT2D eigenvalue weighted by molar-refractivity contribution is 0.110. The average Bonchev–Trinajstić information content (AvgIpc) is 2.16. The van der Waals surface area contributed by atoms with Gasteiger partial charge in [0.2, 0.25) is 0 Å². The van der Waals surface area contributed by atoms with E-state index in [1.165, 1.54) is 5.54 Å². The van der Waals surface area contributed by atoms with Crippen LogP contribution in [-0.4, -0.2) is 25.8 Å². The largest absolute Gasteiger partial charge is 0.380 e. The predicted molar refractivity (Wildman–Crippen MR) is 62.9 cm³/mol. The molecule has 0 aliphatic heterocycles. The molecule has 2 nitrogen and oxygen atoms in total. The van der Waals surface area contributed by atoms with Gasteiger partial charge in [-0.15, -0.1) is 0 Å². The molecule has 0 aliphatic carbocycles. The Bertz CT molecular complexity index is 172. The van der Waals surface area contributed by atoms with Crippen LogP contribution in [0.4, 0.5) is 0 Å². The first-order valence-corrected chi connectivity index (χ1v) is 5.69. The Balaban J connectivity index is 3.84. The molecule has 0 aliphatic rings. The van der Waals surface area contributed by atoms with Crippen LogP contribution in [0.5, 0.6) is 0 Å². The fourth-order valence-electron chi connectivity index (χ4n) is 0.999. The molecule has 0 rings (SSSR count). The van der Waals surface area contributed by atoms with Gasteiger partial charge in [-0.2, -0.15) is 0 Å². The Labute approximate surface area is 96.6 Å². The summed E-state index contributed by atoms with van der Waals surface area (Å²) in [5.74, 6) is 0.515. The standard InChI is InChI=1S/C10H19Cl2NO/c1-4-14-7-10(8(2)3)13-6-9(12)5-11/h5,8,10,13H,4,6-7H2,1-3H3. The van der Waals surface area contributed by atoms with E-state index < -0.39 is 0 Å². The van der Waals surface area contributed by atoms with Gasteiger partial charge < -0.3 is 10.1 Å². The zero-order valence-electron chi connectivity index (χ0n) is 9.02. The van der Waals surface area contributed by atoms with E-state index in [-0.39, 0.29) is 0 Å². The van der Waals surface area contributed by atoms with Crippen LogP contribution < -0.4 is 5.32 Å². The molecule has 0 aromatic heterocycles. The van der Waals surface area contributed by atoms with Crippen molar-refractivity contribution >= 4 is 23.2 Å². The zero-order valence-corrected chi connectivity index (χ0v) is 10.5. The normalized spacial score (nSPS) is 14.9. The molecule has 0 aromatic carbocycles. The molecule has 0 heterocycles. The summed E-state index contributed by atoms with van der Waals surface area (Å²) < 4.78 is 5.36. The highest BCUT2D eigenvalue weighted by molar-refractivity contribution is 6.36. The van der Waals surface area contributed by atoms with E-state index in [1.807, 2.05) is 6.92 Å². The molecule has 14 heavy (non-hydrogen) atoms. The van der Waals surface area contributed by atoms with E-state index in [4.69, 9.17) is 27.9 Å². The highest BCUT2D eigenvalue weighted by Crippen LogP contribution is 2.06. The number of nitrogens with one attached hydrogen (secondary N) is 1.